The van der Waals surface area contributed by atoms with Crippen molar-refractivity contribution in [3.05, 3.63) is 65.2 Å². The molecule has 2 heterocycles. The van der Waals surface area contributed by atoms with Gasteiger partial charge >= 0.3 is 0 Å². The number of rotatable bonds is 4. The van der Waals surface area contributed by atoms with Crippen LogP contribution in [0.2, 0.25) is 0 Å². The van der Waals surface area contributed by atoms with Gasteiger partial charge < -0.3 is 14.8 Å². The predicted molar refractivity (Wildman–Crippen MR) is 134 cm³/mol. The van der Waals surface area contributed by atoms with E-state index in [2.05, 4.69) is 28.4 Å². The van der Waals surface area contributed by atoms with Crippen molar-refractivity contribution in [3.8, 4) is 11.8 Å². The van der Waals surface area contributed by atoms with E-state index in [1.807, 2.05) is 36.4 Å². The first-order valence-corrected chi connectivity index (χ1v) is 14.7. The van der Waals surface area contributed by atoms with Gasteiger partial charge in [0, 0.05) is 31.7 Å². The highest BCUT2D eigenvalue weighted by Crippen LogP contribution is 2.37. The number of nitrogens with one attached hydrogen (secondary N) is 1. The summed E-state index contributed by atoms with van der Waals surface area (Å²) in [4.78, 5) is 2.49. The molecule has 0 spiro atoms. The second-order valence-electron chi connectivity index (χ2n) is 8.21. The molecule has 0 aliphatic carbocycles. The fraction of sp³-hybridized carbons (Fsp3) is 0.435. The van der Waals surface area contributed by atoms with Gasteiger partial charge in [0.1, 0.15) is 18.5 Å². The molecule has 2 atom stereocenters. The third-order valence-corrected chi connectivity index (χ3v) is 5.06. The quantitative estimate of drug-likeness (QED) is 0.480. The molecule has 0 amide bonds. The highest BCUT2D eigenvalue weighted by atomic mass is 32.2. The van der Waals surface area contributed by atoms with Gasteiger partial charge in [0.2, 0.25) is 0 Å². The molecule has 0 saturated carbocycles. The molecular weight excluding hydrogens is 510 g/mol. The molecule has 0 bridgehead atoms. The van der Waals surface area contributed by atoms with Crippen LogP contribution in [0.4, 0.5) is 0 Å². The van der Waals surface area contributed by atoms with E-state index in [9.17, 15) is 16.8 Å². The topological polar surface area (TPSA) is 166 Å². The molecule has 2 aromatic rings. The molecule has 2 aromatic carbocycles. The van der Waals surface area contributed by atoms with Crippen LogP contribution in [0.5, 0.6) is 5.75 Å². The van der Waals surface area contributed by atoms with Crippen molar-refractivity contribution < 1.29 is 35.4 Å². The SMILES string of the molecule is CS(=O)(=O)O.CS(=O)(=O)O.N#Cc1cccc(CO[C@@H]2COc3ccccc3[C@H]2N2CCNCC2)c1. The summed E-state index contributed by atoms with van der Waals surface area (Å²) in [7, 11) is -7.33. The largest absolute Gasteiger partial charge is 0.490 e. The number of benzene rings is 2. The summed E-state index contributed by atoms with van der Waals surface area (Å²) >= 11 is 0. The summed E-state index contributed by atoms with van der Waals surface area (Å²) in [6.07, 6.45) is 1.40. The Morgan fingerprint density at radius 3 is 2.28 bits per heavy atom. The lowest BCUT2D eigenvalue weighted by molar-refractivity contribution is -0.0617. The third kappa shape index (κ3) is 11.4. The van der Waals surface area contributed by atoms with Crippen LogP contribution in [-0.2, 0) is 31.6 Å². The second kappa shape index (κ2) is 13.7. The van der Waals surface area contributed by atoms with Crippen LogP contribution in [0.15, 0.2) is 48.5 Å². The van der Waals surface area contributed by atoms with Crippen LogP contribution in [0.3, 0.4) is 0 Å². The zero-order valence-corrected chi connectivity index (χ0v) is 21.7. The van der Waals surface area contributed by atoms with Gasteiger partial charge in [0.15, 0.2) is 0 Å². The van der Waals surface area contributed by atoms with E-state index in [-0.39, 0.29) is 12.1 Å². The van der Waals surface area contributed by atoms with E-state index in [1.165, 1.54) is 5.56 Å². The summed E-state index contributed by atoms with van der Waals surface area (Å²) in [6.45, 7) is 5.02. The predicted octanol–water partition coefficient (Wildman–Crippen LogP) is 1.49. The first kappa shape index (κ1) is 29.7. The number of para-hydroxylation sites is 1. The van der Waals surface area contributed by atoms with Gasteiger partial charge in [-0.3, -0.25) is 14.0 Å². The maximum atomic E-state index is 9.19. The van der Waals surface area contributed by atoms with E-state index in [0.717, 1.165) is 37.5 Å². The molecule has 36 heavy (non-hydrogen) atoms. The molecular formula is C23H31N3O8S2. The number of nitrogens with zero attached hydrogens (tertiary/aromatic N) is 2. The van der Waals surface area contributed by atoms with Crippen molar-refractivity contribution in [2.45, 2.75) is 18.8 Å². The van der Waals surface area contributed by atoms with Crippen molar-refractivity contribution in [1.82, 2.24) is 10.2 Å². The number of piperazine rings is 1. The van der Waals surface area contributed by atoms with Gasteiger partial charge in [0.25, 0.3) is 20.2 Å². The molecule has 1 fully saturated rings. The molecule has 13 heteroatoms. The smallest absolute Gasteiger partial charge is 0.261 e. The van der Waals surface area contributed by atoms with Crippen molar-refractivity contribution in [3.63, 3.8) is 0 Å². The standard InChI is InChI=1S/C21H23N3O2.2CH4O3S/c22-13-16-4-3-5-17(12-16)14-25-20-15-26-19-7-2-1-6-18(19)21(20)24-10-8-23-9-11-24;2*1-5(2,3)4/h1-7,12,20-21,23H,8-11,14-15H2;2*1H3,(H,2,3,4)/t20-,21-;;/m1../s1. The Morgan fingerprint density at radius 1 is 1.06 bits per heavy atom. The average molecular weight is 542 g/mol. The van der Waals surface area contributed by atoms with E-state index in [4.69, 9.17) is 23.8 Å². The van der Waals surface area contributed by atoms with Gasteiger partial charge in [-0.15, -0.1) is 0 Å². The lowest BCUT2D eigenvalue weighted by Crippen LogP contribution is -2.51. The minimum Gasteiger partial charge on any atom is -0.490 e. The average Bonchev–Trinajstić information content (AvgIpc) is 2.81. The van der Waals surface area contributed by atoms with Crippen LogP contribution in [0.25, 0.3) is 0 Å². The lowest BCUT2D eigenvalue weighted by atomic mass is 9.95. The summed E-state index contributed by atoms with van der Waals surface area (Å²) in [5.41, 5.74) is 2.88. The fourth-order valence-corrected chi connectivity index (χ4v) is 3.78. The van der Waals surface area contributed by atoms with E-state index >= 15 is 0 Å². The Labute approximate surface area is 212 Å². The van der Waals surface area contributed by atoms with Crippen LogP contribution in [0, 0.1) is 11.3 Å². The van der Waals surface area contributed by atoms with Crippen molar-refractivity contribution in [1.29, 1.82) is 5.26 Å². The van der Waals surface area contributed by atoms with Crippen molar-refractivity contribution >= 4 is 20.2 Å². The van der Waals surface area contributed by atoms with Gasteiger partial charge in [-0.05, 0) is 23.8 Å². The Bertz CT molecular complexity index is 1190. The maximum absolute atomic E-state index is 9.19. The molecule has 2 aliphatic heterocycles. The Balaban J connectivity index is 0.000000389. The Kier molecular flexibility index (Phi) is 11.3. The highest BCUT2D eigenvalue weighted by Gasteiger charge is 2.36. The van der Waals surface area contributed by atoms with E-state index in [1.54, 1.807) is 0 Å². The number of hydrogen-bond acceptors (Lipinski definition) is 9. The van der Waals surface area contributed by atoms with E-state index < -0.39 is 20.2 Å². The summed E-state index contributed by atoms with van der Waals surface area (Å²) in [5.74, 6) is 0.961. The normalized spacial score (nSPS) is 19.8. The Hall–Kier alpha value is -2.57. The second-order valence-corrected chi connectivity index (χ2v) is 11.1. The number of fused-ring (bicyclic) bond motifs is 1. The minimum absolute atomic E-state index is 0.0336. The third-order valence-electron chi connectivity index (χ3n) is 5.06. The Morgan fingerprint density at radius 2 is 1.67 bits per heavy atom. The van der Waals surface area contributed by atoms with Gasteiger partial charge in [-0.1, -0.05) is 30.3 Å². The molecule has 4 rings (SSSR count). The van der Waals surface area contributed by atoms with Crippen LogP contribution < -0.4 is 10.1 Å². The zero-order chi connectivity index (χ0) is 26.8. The molecule has 1 saturated heterocycles. The molecule has 11 nitrogen and oxygen atoms in total. The summed E-state index contributed by atoms with van der Waals surface area (Å²) in [6, 6.07) is 18.2. The molecule has 2 aliphatic rings. The van der Waals surface area contributed by atoms with Crippen LogP contribution >= 0.6 is 0 Å². The summed E-state index contributed by atoms with van der Waals surface area (Å²) < 4.78 is 64.0. The summed E-state index contributed by atoms with van der Waals surface area (Å²) in [5, 5.41) is 12.5. The molecule has 0 aromatic heterocycles. The number of ether oxygens (including phenoxy) is 2. The van der Waals surface area contributed by atoms with Gasteiger partial charge in [-0.25, -0.2) is 0 Å². The molecule has 0 radical (unpaired) electrons. The zero-order valence-electron chi connectivity index (χ0n) is 20.1. The van der Waals surface area contributed by atoms with E-state index in [0.29, 0.717) is 31.3 Å². The van der Waals surface area contributed by atoms with Crippen LogP contribution in [-0.4, -0.2) is 82.2 Å². The molecule has 3 N–H and O–H groups in total. The first-order chi connectivity index (χ1) is 16.8. The number of nitriles is 1. The van der Waals surface area contributed by atoms with Crippen molar-refractivity contribution in [2.75, 3.05) is 45.3 Å². The monoisotopic (exact) mass is 541 g/mol. The van der Waals surface area contributed by atoms with Crippen molar-refractivity contribution in [2.24, 2.45) is 0 Å². The first-order valence-electron chi connectivity index (χ1n) is 11.0. The maximum Gasteiger partial charge on any atom is 0.261 e. The lowest BCUT2D eigenvalue weighted by Gasteiger charge is -2.42. The molecule has 0 unspecified atom stereocenters. The fourth-order valence-electron chi connectivity index (χ4n) is 3.78. The highest BCUT2D eigenvalue weighted by molar-refractivity contribution is 7.85. The van der Waals surface area contributed by atoms with Gasteiger partial charge in [-0.2, -0.15) is 22.1 Å². The van der Waals surface area contributed by atoms with Gasteiger partial charge in [0.05, 0.1) is 36.8 Å². The molecule has 198 valence electrons. The van der Waals surface area contributed by atoms with Crippen LogP contribution in [0.1, 0.15) is 22.7 Å². The minimum atomic E-state index is -3.67. The number of hydrogen-bond donors (Lipinski definition) is 3.